The first-order chi connectivity index (χ1) is 8.20. The van der Waals surface area contributed by atoms with Crippen molar-refractivity contribution in [3.8, 4) is 0 Å². The third-order valence-corrected chi connectivity index (χ3v) is 3.14. The molecule has 0 unspecified atom stereocenters. The molecule has 1 heterocycles. The third kappa shape index (κ3) is 3.29. The number of aromatic nitrogens is 1. The number of carbonyl (C=O) groups excluding carboxylic acids is 1. The zero-order chi connectivity index (χ0) is 12.3. The highest BCUT2D eigenvalue weighted by Gasteiger charge is 2.29. The van der Waals surface area contributed by atoms with Crippen LogP contribution >= 0.6 is 0 Å². The molecule has 1 aliphatic carbocycles. The second-order valence-corrected chi connectivity index (χ2v) is 5.17. The van der Waals surface area contributed by atoms with Crippen LogP contribution < -0.4 is 4.90 Å². The molecular weight excluding hydrogens is 212 g/mol. The smallest absolute Gasteiger partial charge is 0.151 e. The van der Waals surface area contributed by atoms with Gasteiger partial charge in [-0.05, 0) is 37.3 Å². The second kappa shape index (κ2) is 5.30. The molecule has 0 amide bonds. The van der Waals surface area contributed by atoms with Gasteiger partial charge in [-0.3, -0.25) is 4.79 Å². The van der Waals surface area contributed by atoms with Gasteiger partial charge in [-0.1, -0.05) is 13.8 Å². The zero-order valence-electron chi connectivity index (χ0n) is 10.6. The van der Waals surface area contributed by atoms with E-state index in [4.69, 9.17) is 0 Å². The molecule has 0 aromatic carbocycles. The van der Waals surface area contributed by atoms with E-state index < -0.39 is 0 Å². The molecule has 0 bridgehead atoms. The van der Waals surface area contributed by atoms with E-state index in [1.165, 1.54) is 19.3 Å². The Kier molecular flexibility index (Phi) is 3.77. The van der Waals surface area contributed by atoms with Gasteiger partial charge < -0.3 is 4.90 Å². The summed E-state index contributed by atoms with van der Waals surface area (Å²) in [6, 6.07) is 4.48. The lowest BCUT2D eigenvalue weighted by Gasteiger charge is -2.24. The number of aldehydes is 1. The topological polar surface area (TPSA) is 33.2 Å². The highest BCUT2D eigenvalue weighted by Crippen LogP contribution is 2.31. The lowest BCUT2D eigenvalue weighted by molar-refractivity contribution is 0.112. The SMILES string of the molecule is CC(C)CCN(c1ccc(C=O)cn1)C1CC1. The fourth-order valence-corrected chi connectivity index (χ4v) is 1.90. The molecule has 1 aromatic rings. The van der Waals surface area contributed by atoms with Crippen LogP contribution in [0.5, 0.6) is 0 Å². The number of anilines is 1. The summed E-state index contributed by atoms with van der Waals surface area (Å²) in [6.45, 7) is 5.55. The first kappa shape index (κ1) is 12.1. The van der Waals surface area contributed by atoms with Gasteiger partial charge in [-0.15, -0.1) is 0 Å². The Hall–Kier alpha value is -1.38. The summed E-state index contributed by atoms with van der Waals surface area (Å²) >= 11 is 0. The van der Waals surface area contributed by atoms with E-state index in [2.05, 4.69) is 23.7 Å². The maximum absolute atomic E-state index is 10.6. The van der Waals surface area contributed by atoms with Crippen LogP contribution in [0, 0.1) is 5.92 Å². The molecule has 0 spiro atoms. The Balaban J connectivity index is 2.05. The Bertz CT molecular complexity index is 368. The summed E-state index contributed by atoms with van der Waals surface area (Å²) in [5, 5.41) is 0. The van der Waals surface area contributed by atoms with Crippen LogP contribution in [-0.4, -0.2) is 23.9 Å². The van der Waals surface area contributed by atoms with Crippen molar-refractivity contribution in [3.63, 3.8) is 0 Å². The van der Waals surface area contributed by atoms with Gasteiger partial charge in [0.25, 0.3) is 0 Å². The van der Waals surface area contributed by atoms with Crippen molar-refractivity contribution in [3.05, 3.63) is 23.9 Å². The van der Waals surface area contributed by atoms with Crippen molar-refractivity contribution in [1.29, 1.82) is 0 Å². The molecule has 0 radical (unpaired) electrons. The molecule has 0 saturated heterocycles. The number of hydrogen-bond donors (Lipinski definition) is 0. The molecule has 1 saturated carbocycles. The summed E-state index contributed by atoms with van der Waals surface area (Å²) in [5.74, 6) is 1.73. The van der Waals surface area contributed by atoms with E-state index in [1.807, 2.05) is 12.1 Å². The Morgan fingerprint density at radius 1 is 1.47 bits per heavy atom. The van der Waals surface area contributed by atoms with Gasteiger partial charge >= 0.3 is 0 Å². The summed E-state index contributed by atoms with van der Waals surface area (Å²) in [5.41, 5.74) is 0.647. The van der Waals surface area contributed by atoms with Crippen LogP contribution in [0.1, 0.15) is 43.5 Å². The van der Waals surface area contributed by atoms with E-state index in [-0.39, 0.29) is 0 Å². The largest absolute Gasteiger partial charge is 0.354 e. The molecule has 0 N–H and O–H groups in total. The van der Waals surface area contributed by atoms with E-state index in [1.54, 1.807) is 6.20 Å². The maximum atomic E-state index is 10.6. The molecule has 1 fully saturated rings. The summed E-state index contributed by atoms with van der Waals surface area (Å²) in [4.78, 5) is 17.4. The van der Waals surface area contributed by atoms with E-state index in [9.17, 15) is 4.79 Å². The van der Waals surface area contributed by atoms with Crippen molar-refractivity contribution in [2.75, 3.05) is 11.4 Å². The van der Waals surface area contributed by atoms with E-state index >= 15 is 0 Å². The lowest BCUT2D eigenvalue weighted by atomic mass is 10.1. The highest BCUT2D eigenvalue weighted by atomic mass is 16.1. The number of pyridine rings is 1. The van der Waals surface area contributed by atoms with Gasteiger partial charge in [0.15, 0.2) is 6.29 Å². The van der Waals surface area contributed by atoms with E-state index in [0.29, 0.717) is 17.5 Å². The number of nitrogens with zero attached hydrogens (tertiary/aromatic N) is 2. The fraction of sp³-hybridized carbons (Fsp3) is 0.571. The monoisotopic (exact) mass is 232 g/mol. The van der Waals surface area contributed by atoms with Gasteiger partial charge in [0.1, 0.15) is 5.82 Å². The van der Waals surface area contributed by atoms with Crippen LogP contribution in [0.3, 0.4) is 0 Å². The maximum Gasteiger partial charge on any atom is 0.151 e. The minimum Gasteiger partial charge on any atom is -0.354 e. The van der Waals surface area contributed by atoms with Crippen molar-refractivity contribution in [2.45, 2.75) is 39.2 Å². The molecular formula is C14H20N2O. The molecule has 3 nitrogen and oxygen atoms in total. The minimum atomic E-state index is 0.647. The normalized spacial score (nSPS) is 15.0. The minimum absolute atomic E-state index is 0.647. The average Bonchev–Trinajstić information content (AvgIpc) is 3.14. The van der Waals surface area contributed by atoms with E-state index in [0.717, 1.165) is 18.6 Å². The van der Waals surface area contributed by atoms with Gasteiger partial charge in [0, 0.05) is 24.3 Å². The molecule has 1 aromatic heterocycles. The molecule has 1 aliphatic rings. The molecule has 0 atom stereocenters. The van der Waals surface area contributed by atoms with Crippen LogP contribution in [-0.2, 0) is 0 Å². The molecule has 3 heteroatoms. The molecule has 0 aliphatic heterocycles. The van der Waals surface area contributed by atoms with Gasteiger partial charge in [0.05, 0.1) is 0 Å². The Labute approximate surface area is 103 Å². The predicted molar refractivity (Wildman–Crippen MR) is 69.4 cm³/mol. The standard InChI is InChI=1S/C14H20N2O/c1-11(2)7-8-16(13-4-5-13)14-6-3-12(10-17)9-15-14/h3,6,9-11,13H,4-5,7-8H2,1-2H3. The van der Waals surface area contributed by atoms with Crippen molar-refractivity contribution in [1.82, 2.24) is 4.98 Å². The van der Waals surface area contributed by atoms with Crippen LogP contribution in [0.25, 0.3) is 0 Å². The fourth-order valence-electron chi connectivity index (χ4n) is 1.90. The van der Waals surface area contributed by atoms with Crippen LogP contribution in [0.2, 0.25) is 0 Å². The summed E-state index contributed by atoms with van der Waals surface area (Å²) < 4.78 is 0. The van der Waals surface area contributed by atoms with Gasteiger partial charge in [-0.2, -0.15) is 0 Å². The highest BCUT2D eigenvalue weighted by molar-refractivity contribution is 5.74. The van der Waals surface area contributed by atoms with Crippen molar-refractivity contribution in [2.24, 2.45) is 5.92 Å². The summed E-state index contributed by atoms with van der Waals surface area (Å²) in [6.07, 6.45) is 6.23. The molecule has 2 rings (SSSR count). The van der Waals surface area contributed by atoms with Gasteiger partial charge in [0.2, 0.25) is 0 Å². The van der Waals surface area contributed by atoms with Crippen LogP contribution in [0.15, 0.2) is 18.3 Å². The first-order valence-electron chi connectivity index (χ1n) is 6.38. The molecule has 92 valence electrons. The third-order valence-electron chi connectivity index (χ3n) is 3.14. The quantitative estimate of drug-likeness (QED) is 0.707. The summed E-state index contributed by atoms with van der Waals surface area (Å²) in [7, 11) is 0. The number of hydrogen-bond acceptors (Lipinski definition) is 3. The zero-order valence-corrected chi connectivity index (χ0v) is 10.6. The number of carbonyl (C=O) groups is 1. The van der Waals surface area contributed by atoms with Crippen molar-refractivity contribution >= 4 is 12.1 Å². The van der Waals surface area contributed by atoms with Crippen molar-refractivity contribution < 1.29 is 4.79 Å². The van der Waals surface area contributed by atoms with Gasteiger partial charge in [-0.25, -0.2) is 4.98 Å². The average molecular weight is 232 g/mol. The second-order valence-electron chi connectivity index (χ2n) is 5.17. The Morgan fingerprint density at radius 3 is 2.71 bits per heavy atom. The lowest BCUT2D eigenvalue weighted by Crippen LogP contribution is -2.28. The number of rotatable bonds is 6. The molecule has 17 heavy (non-hydrogen) atoms. The van der Waals surface area contributed by atoms with Crippen LogP contribution in [0.4, 0.5) is 5.82 Å². The first-order valence-corrected chi connectivity index (χ1v) is 6.38. The Morgan fingerprint density at radius 2 is 2.24 bits per heavy atom. The predicted octanol–water partition coefficient (Wildman–Crippen LogP) is 2.91.